The summed E-state index contributed by atoms with van der Waals surface area (Å²) in [6.07, 6.45) is 7.76. The third kappa shape index (κ3) is 4.22. The molecule has 1 atom stereocenters. The number of rotatable bonds is 7. The summed E-state index contributed by atoms with van der Waals surface area (Å²) in [6, 6.07) is 8.62. The molecule has 2 saturated carbocycles. The van der Waals surface area contributed by atoms with E-state index in [1.54, 1.807) is 4.57 Å². The molecule has 7 heteroatoms. The van der Waals surface area contributed by atoms with E-state index in [4.69, 9.17) is 9.97 Å². The number of para-hydroxylation sites is 1. The minimum atomic E-state index is -0.284. The second-order valence-corrected chi connectivity index (χ2v) is 11.1. The number of anilines is 1. The highest BCUT2D eigenvalue weighted by molar-refractivity contribution is 5.90. The highest BCUT2D eigenvalue weighted by Crippen LogP contribution is 2.49. The Morgan fingerprint density at radius 2 is 1.74 bits per heavy atom. The molecule has 1 amide bonds. The van der Waals surface area contributed by atoms with E-state index in [0.717, 1.165) is 40.7 Å². The molecule has 3 fully saturated rings. The average molecular weight is 512 g/mol. The van der Waals surface area contributed by atoms with Gasteiger partial charge in [0.1, 0.15) is 5.82 Å². The van der Waals surface area contributed by atoms with Crippen LogP contribution in [-0.4, -0.2) is 51.0 Å². The highest BCUT2D eigenvalue weighted by Gasteiger charge is 2.36. The lowest BCUT2D eigenvalue weighted by molar-refractivity contribution is -0.126. The van der Waals surface area contributed by atoms with Crippen molar-refractivity contribution < 1.29 is 4.79 Å². The van der Waals surface area contributed by atoms with Crippen LogP contribution in [0.1, 0.15) is 80.7 Å². The van der Waals surface area contributed by atoms with Crippen LogP contribution in [0, 0.1) is 0 Å². The molecule has 1 aliphatic heterocycles. The lowest BCUT2D eigenvalue weighted by atomic mass is 10.0. The van der Waals surface area contributed by atoms with Crippen molar-refractivity contribution in [3.8, 4) is 5.69 Å². The smallest absolute Gasteiger partial charge is 0.350 e. The lowest BCUT2D eigenvalue weighted by Crippen LogP contribution is -2.54. The van der Waals surface area contributed by atoms with Gasteiger partial charge in [0.2, 0.25) is 5.91 Å². The molecule has 3 aliphatic rings. The predicted molar refractivity (Wildman–Crippen MR) is 151 cm³/mol. The van der Waals surface area contributed by atoms with Crippen LogP contribution in [-0.2, 0) is 17.6 Å². The van der Waals surface area contributed by atoms with Crippen molar-refractivity contribution in [1.82, 2.24) is 19.4 Å². The first kappa shape index (κ1) is 24.8. The van der Waals surface area contributed by atoms with E-state index in [2.05, 4.69) is 56.5 Å². The van der Waals surface area contributed by atoms with Gasteiger partial charge in [-0.1, -0.05) is 38.6 Å². The maximum absolute atomic E-state index is 14.0. The van der Waals surface area contributed by atoms with Crippen LogP contribution in [0.5, 0.6) is 0 Å². The zero-order valence-electron chi connectivity index (χ0n) is 22.7. The van der Waals surface area contributed by atoms with Crippen molar-refractivity contribution in [3.63, 3.8) is 0 Å². The Morgan fingerprint density at radius 3 is 2.32 bits per heavy atom. The summed E-state index contributed by atoms with van der Waals surface area (Å²) < 4.78 is 1.79. The second kappa shape index (κ2) is 9.68. The Balaban J connectivity index is 1.60. The SMILES string of the molecule is C=CC(=O)N1CCN(c2nc(=O)n(-c3c(CC)cccc3CC)c3nc(C4CC4)c(C4CC4)cc23)[C@@H](C)C1. The summed E-state index contributed by atoms with van der Waals surface area (Å²) in [5.41, 5.74) is 6.18. The molecule has 0 bridgehead atoms. The average Bonchev–Trinajstić information content (AvgIpc) is 3.85. The van der Waals surface area contributed by atoms with Gasteiger partial charge >= 0.3 is 5.69 Å². The number of amides is 1. The molecule has 0 unspecified atom stereocenters. The molecular weight excluding hydrogens is 474 g/mol. The van der Waals surface area contributed by atoms with Crippen LogP contribution in [0.2, 0.25) is 0 Å². The van der Waals surface area contributed by atoms with E-state index < -0.39 is 0 Å². The summed E-state index contributed by atoms with van der Waals surface area (Å²) in [4.78, 5) is 40.4. The summed E-state index contributed by atoms with van der Waals surface area (Å²) in [7, 11) is 0. The summed E-state index contributed by atoms with van der Waals surface area (Å²) in [5.74, 6) is 1.70. The normalized spacial score (nSPS) is 19.7. The molecule has 0 N–H and O–H groups in total. The Kier molecular flexibility index (Phi) is 6.33. The molecule has 3 aromatic rings. The van der Waals surface area contributed by atoms with Crippen LogP contribution < -0.4 is 10.6 Å². The number of hydrogen-bond acceptors (Lipinski definition) is 5. The molecule has 1 saturated heterocycles. The molecule has 0 spiro atoms. The number of hydrogen-bond donors (Lipinski definition) is 0. The van der Waals surface area contributed by atoms with E-state index in [1.807, 2.05) is 4.90 Å². The zero-order valence-corrected chi connectivity index (χ0v) is 22.7. The van der Waals surface area contributed by atoms with Crippen molar-refractivity contribution >= 4 is 22.8 Å². The summed E-state index contributed by atoms with van der Waals surface area (Å²) in [6.45, 7) is 11.8. The van der Waals surface area contributed by atoms with Crippen LogP contribution in [0.3, 0.4) is 0 Å². The molecule has 1 aromatic carbocycles. The van der Waals surface area contributed by atoms with E-state index in [1.165, 1.54) is 43.0 Å². The molecule has 2 aliphatic carbocycles. The van der Waals surface area contributed by atoms with Crippen LogP contribution in [0.25, 0.3) is 16.7 Å². The number of aryl methyl sites for hydroxylation is 2. The van der Waals surface area contributed by atoms with E-state index in [9.17, 15) is 9.59 Å². The largest absolute Gasteiger partial charge is 0.355 e. The molecule has 6 rings (SSSR count). The van der Waals surface area contributed by atoms with Gasteiger partial charge in [-0.15, -0.1) is 0 Å². The summed E-state index contributed by atoms with van der Waals surface area (Å²) in [5, 5.41) is 0.944. The lowest BCUT2D eigenvalue weighted by Gasteiger charge is -2.40. The van der Waals surface area contributed by atoms with Gasteiger partial charge in [0.25, 0.3) is 0 Å². The second-order valence-electron chi connectivity index (χ2n) is 11.1. The molecular formula is C31H37N5O2. The van der Waals surface area contributed by atoms with Gasteiger partial charge in [-0.2, -0.15) is 4.98 Å². The third-order valence-corrected chi connectivity index (χ3v) is 8.46. The van der Waals surface area contributed by atoms with Crippen molar-refractivity contribution in [2.75, 3.05) is 24.5 Å². The Morgan fingerprint density at radius 1 is 1.05 bits per heavy atom. The number of aromatic nitrogens is 3. The Hall–Kier alpha value is -3.48. The number of pyridine rings is 1. The Bertz CT molecular complexity index is 1460. The molecule has 3 heterocycles. The van der Waals surface area contributed by atoms with Crippen LogP contribution in [0.15, 0.2) is 41.7 Å². The van der Waals surface area contributed by atoms with Gasteiger partial charge in [0.05, 0.1) is 11.1 Å². The number of piperazine rings is 1. The molecule has 0 radical (unpaired) electrons. The predicted octanol–water partition coefficient (Wildman–Crippen LogP) is 4.88. The molecule has 2 aromatic heterocycles. The fourth-order valence-corrected chi connectivity index (χ4v) is 6.09. The monoisotopic (exact) mass is 511 g/mol. The number of nitrogens with zero attached hydrogens (tertiary/aromatic N) is 5. The molecule has 7 nitrogen and oxygen atoms in total. The van der Waals surface area contributed by atoms with Crippen LogP contribution in [0.4, 0.5) is 5.82 Å². The summed E-state index contributed by atoms with van der Waals surface area (Å²) >= 11 is 0. The fraction of sp³-hybridized carbons (Fsp3) is 0.484. The third-order valence-electron chi connectivity index (χ3n) is 8.46. The van der Waals surface area contributed by atoms with Gasteiger partial charge in [-0.25, -0.2) is 14.3 Å². The van der Waals surface area contributed by atoms with Crippen molar-refractivity contribution in [2.24, 2.45) is 0 Å². The minimum Gasteiger partial charge on any atom is -0.350 e. The maximum atomic E-state index is 14.0. The first-order chi connectivity index (χ1) is 18.4. The van der Waals surface area contributed by atoms with Crippen LogP contribution >= 0.6 is 0 Å². The number of fused-ring (bicyclic) bond motifs is 1. The van der Waals surface area contributed by atoms with E-state index >= 15 is 0 Å². The van der Waals surface area contributed by atoms with E-state index in [-0.39, 0.29) is 17.6 Å². The van der Waals surface area contributed by atoms with Crippen molar-refractivity contribution in [3.05, 3.63) is 69.8 Å². The van der Waals surface area contributed by atoms with Gasteiger partial charge in [-0.3, -0.25) is 4.79 Å². The zero-order chi connectivity index (χ0) is 26.6. The number of carbonyl (C=O) groups is 1. The molecule has 198 valence electrons. The number of benzene rings is 1. The highest BCUT2D eigenvalue weighted by atomic mass is 16.2. The van der Waals surface area contributed by atoms with Gasteiger partial charge in [0, 0.05) is 37.3 Å². The van der Waals surface area contributed by atoms with E-state index in [0.29, 0.717) is 37.3 Å². The molecule has 38 heavy (non-hydrogen) atoms. The Labute approximate surface area is 224 Å². The topological polar surface area (TPSA) is 71.3 Å². The van der Waals surface area contributed by atoms with Gasteiger partial charge < -0.3 is 9.80 Å². The van der Waals surface area contributed by atoms with Crippen molar-refractivity contribution in [1.29, 1.82) is 0 Å². The van der Waals surface area contributed by atoms with Gasteiger partial charge in [0.15, 0.2) is 5.65 Å². The first-order valence-corrected chi connectivity index (χ1v) is 14.2. The maximum Gasteiger partial charge on any atom is 0.355 e. The standard InChI is InChI=1S/C31H37N5O2/c1-5-20-9-8-10-21(6-2)28(20)36-30-25(17-24(22-11-12-22)27(32-30)23-13-14-23)29(33-31(36)38)35-16-15-34(18-19(35)4)26(37)7-3/h7-10,17,19,22-23H,3,5-6,11-16,18H2,1-2,4H3/t19-/m0/s1. The minimum absolute atomic E-state index is 0.0141. The van der Waals surface area contributed by atoms with Gasteiger partial charge in [-0.05, 0) is 80.2 Å². The first-order valence-electron chi connectivity index (χ1n) is 14.2. The van der Waals surface area contributed by atoms with Crippen molar-refractivity contribution in [2.45, 2.75) is 77.2 Å². The quantitative estimate of drug-likeness (QED) is 0.423. The number of carbonyl (C=O) groups excluding carboxylic acids is 1. The fourth-order valence-electron chi connectivity index (χ4n) is 6.09.